The fraction of sp³-hybridized carbons (Fsp3) is 0.286. The van der Waals surface area contributed by atoms with Gasteiger partial charge in [0.25, 0.3) is 5.91 Å². The SMILES string of the molecule is O=C(NCCOCC(F)(F)F)c1ccc(-n2cccn2)cc1. The van der Waals surface area contributed by atoms with Crippen LogP contribution in [-0.2, 0) is 4.74 Å². The van der Waals surface area contributed by atoms with Gasteiger partial charge in [-0.25, -0.2) is 4.68 Å². The zero-order valence-electron chi connectivity index (χ0n) is 11.5. The summed E-state index contributed by atoms with van der Waals surface area (Å²) in [5.74, 6) is -0.373. The molecule has 0 spiro atoms. The quantitative estimate of drug-likeness (QED) is 0.832. The molecule has 5 nitrogen and oxygen atoms in total. The van der Waals surface area contributed by atoms with Gasteiger partial charge in [-0.3, -0.25) is 4.79 Å². The predicted molar refractivity (Wildman–Crippen MR) is 72.8 cm³/mol. The Morgan fingerprint density at radius 3 is 2.59 bits per heavy atom. The van der Waals surface area contributed by atoms with Gasteiger partial charge in [-0.2, -0.15) is 18.3 Å². The van der Waals surface area contributed by atoms with Gasteiger partial charge in [-0.1, -0.05) is 0 Å². The average molecular weight is 313 g/mol. The molecule has 1 aromatic carbocycles. The first-order chi connectivity index (χ1) is 10.5. The third-order valence-electron chi connectivity index (χ3n) is 2.70. The van der Waals surface area contributed by atoms with E-state index in [1.165, 1.54) is 0 Å². The number of rotatable bonds is 6. The van der Waals surface area contributed by atoms with E-state index in [1.807, 2.05) is 0 Å². The Morgan fingerprint density at radius 1 is 1.27 bits per heavy atom. The predicted octanol–water partition coefficient (Wildman–Crippen LogP) is 2.18. The number of amides is 1. The molecule has 0 aliphatic carbocycles. The van der Waals surface area contributed by atoms with Crippen LogP contribution in [0.4, 0.5) is 13.2 Å². The molecule has 2 aromatic rings. The fourth-order valence-electron chi connectivity index (χ4n) is 1.71. The molecule has 1 amide bonds. The minimum Gasteiger partial charge on any atom is -0.370 e. The minimum atomic E-state index is -4.35. The van der Waals surface area contributed by atoms with Crippen LogP contribution in [0.25, 0.3) is 5.69 Å². The molecule has 0 unspecified atom stereocenters. The van der Waals surface area contributed by atoms with Crippen molar-refractivity contribution < 1.29 is 22.7 Å². The van der Waals surface area contributed by atoms with E-state index in [-0.39, 0.29) is 19.1 Å². The molecular formula is C14H14F3N3O2. The number of nitrogens with one attached hydrogen (secondary N) is 1. The Kier molecular flexibility index (Phi) is 5.16. The summed E-state index contributed by atoms with van der Waals surface area (Å²) < 4.78 is 41.6. The highest BCUT2D eigenvalue weighted by atomic mass is 19.4. The summed E-state index contributed by atoms with van der Waals surface area (Å²) >= 11 is 0. The molecule has 0 aliphatic heterocycles. The molecule has 0 fully saturated rings. The minimum absolute atomic E-state index is 0.00974. The van der Waals surface area contributed by atoms with Gasteiger partial charge >= 0.3 is 6.18 Å². The molecule has 1 N–H and O–H groups in total. The number of alkyl halides is 3. The normalized spacial score (nSPS) is 11.4. The third kappa shape index (κ3) is 4.88. The lowest BCUT2D eigenvalue weighted by atomic mass is 10.2. The van der Waals surface area contributed by atoms with Gasteiger partial charge in [0.1, 0.15) is 6.61 Å². The van der Waals surface area contributed by atoms with Gasteiger partial charge in [0.05, 0.1) is 12.3 Å². The topological polar surface area (TPSA) is 56.1 Å². The molecular weight excluding hydrogens is 299 g/mol. The summed E-state index contributed by atoms with van der Waals surface area (Å²) in [6.45, 7) is -1.51. The maximum atomic E-state index is 11.8. The average Bonchev–Trinajstić information content (AvgIpc) is 3.00. The maximum absolute atomic E-state index is 11.8. The van der Waals surface area contributed by atoms with E-state index in [2.05, 4.69) is 15.2 Å². The molecule has 1 heterocycles. The number of ether oxygens (including phenoxy) is 1. The van der Waals surface area contributed by atoms with Crippen LogP contribution >= 0.6 is 0 Å². The second kappa shape index (κ2) is 7.08. The molecule has 0 atom stereocenters. The van der Waals surface area contributed by atoms with E-state index in [0.717, 1.165) is 5.69 Å². The molecule has 2 rings (SSSR count). The summed E-state index contributed by atoms with van der Waals surface area (Å²) in [6.07, 6.45) is -0.943. The standard InChI is InChI=1S/C14H14F3N3O2/c15-14(16,17)10-22-9-7-18-13(21)11-2-4-12(5-3-11)20-8-1-6-19-20/h1-6,8H,7,9-10H2,(H,18,21). The molecule has 0 radical (unpaired) electrons. The summed E-state index contributed by atoms with van der Waals surface area (Å²) in [7, 11) is 0. The van der Waals surface area contributed by atoms with Crippen molar-refractivity contribution in [2.24, 2.45) is 0 Å². The second-order valence-electron chi connectivity index (χ2n) is 4.42. The smallest absolute Gasteiger partial charge is 0.370 e. The summed E-state index contributed by atoms with van der Waals surface area (Å²) in [5, 5.41) is 6.54. The molecule has 0 saturated heterocycles. The number of carbonyl (C=O) groups excluding carboxylic acids is 1. The Bertz CT molecular complexity index is 595. The van der Waals surface area contributed by atoms with Gasteiger partial charge < -0.3 is 10.1 Å². The lowest BCUT2D eigenvalue weighted by molar-refractivity contribution is -0.173. The Labute approximate surface area is 124 Å². The van der Waals surface area contributed by atoms with Crippen molar-refractivity contribution >= 4 is 5.91 Å². The van der Waals surface area contributed by atoms with Crippen LogP contribution in [0.3, 0.4) is 0 Å². The molecule has 8 heteroatoms. The first-order valence-corrected chi connectivity index (χ1v) is 6.48. The van der Waals surface area contributed by atoms with E-state index in [0.29, 0.717) is 5.56 Å². The number of hydrogen-bond acceptors (Lipinski definition) is 3. The number of halogens is 3. The third-order valence-corrected chi connectivity index (χ3v) is 2.70. The van der Waals surface area contributed by atoms with Crippen molar-refractivity contribution in [2.45, 2.75) is 6.18 Å². The monoisotopic (exact) mass is 313 g/mol. The van der Waals surface area contributed by atoms with Crippen molar-refractivity contribution in [1.29, 1.82) is 0 Å². The lowest BCUT2D eigenvalue weighted by Gasteiger charge is -2.09. The van der Waals surface area contributed by atoms with Crippen LogP contribution in [0.2, 0.25) is 0 Å². The van der Waals surface area contributed by atoms with Crippen LogP contribution in [0.15, 0.2) is 42.7 Å². The summed E-state index contributed by atoms with van der Waals surface area (Å²) in [4.78, 5) is 11.8. The van der Waals surface area contributed by atoms with Gasteiger partial charge in [0, 0.05) is 24.5 Å². The van der Waals surface area contributed by atoms with Gasteiger partial charge in [-0.15, -0.1) is 0 Å². The lowest BCUT2D eigenvalue weighted by Crippen LogP contribution is -2.28. The highest BCUT2D eigenvalue weighted by molar-refractivity contribution is 5.94. The van der Waals surface area contributed by atoms with Crippen LogP contribution in [0.1, 0.15) is 10.4 Å². The number of benzene rings is 1. The highest BCUT2D eigenvalue weighted by Gasteiger charge is 2.27. The highest BCUT2D eigenvalue weighted by Crippen LogP contribution is 2.14. The number of nitrogens with zero attached hydrogens (tertiary/aromatic N) is 2. The van der Waals surface area contributed by atoms with Crippen LogP contribution in [0, 0.1) is 0 Å². The largest absolute Gasteiger partial charge is 0.411 e. The van der Waals surface area contributed by atoms with E-state index in [9.17, 15) is 18.0 Å². The molecule has 118 valence electrons. The van der Waals surface area contributed by atoms with Crippen molar-refractivity contribution in [3.8, 4) is 5.69 Å². The van der Waals surface area contributed by atoms with Crippen molar-refractivity contribution in [1.82, 2.24) is 15.1 Å². The van der Waals surface area contributed by atoms with E-state index >= 15 is 0 Å². The zero-order valence-corrected chi connectivity index (χ0v) is 11.5. The zero-order chi connectivity index (χ0) is 16.0. The van der Waals surface area contributed by atoms with Gasteiger partial charge in [0.2, 0.25) is 0 Å². The number of aromatic nitrogens is 2. The van der Waals surface area contributed by atoms with Crippen LogP contribution in [0.5, 0.6) is 0 Å². The molecule has 0 aliphatic rings. The molecule has 0 bridgehead atoms. The first-order valence-electron chi connectivity index (χ1n) is 6.48. The van der Waals surface area contributed by atoms with E-state index < -0.39 is 12.8 Å². The fourth-order valence-corrected chi connectivity index (χ4v) is 1.71. The Balaban J connectivity index is 1.78. The summed E-state index contributed by atoms with van der Waals surface area (Å²) in [6, 6.07) is 8.46. The second-order valence-corrected chi connectivity index (χ2v) is 4.42. The van der Waals surface area contributed by atoms with Gasteiger partial charge in [-0.05, 0) is 30.3 Å². The Hall–Kier alpha value is -2.35. The van der Waals surface area contributed by atoms with Crippen LogP contribution in [-0.4, -0.2) is 41.6 Å². The molecule has 1 aromatic heterocycles. The van der Waals surface area contributed by atoms with Crippen molar-refractivity contribution in [3.63, 3.8) is 0 Å². The molecule has 22 heavy (non-hydrogen) atoms. The number of hydrogen-bond donors (Lipinski definition) is 1. The van der Waals surface area contributed by atoms with E-state index in [4.69, 9.17) is 0 Å². The van der Waals surface area contributed by atoms with Crippen LogP contribution < -0.4 is 5.32 Å². The summed E-state index contributed by atoms with van der Waals surface area (Å²) in [5.41, 5.74) is 1.21. The van der Waals surface area contributed by atoms with Gasteiger partial charge in [0.15, 0.2) is 0 Å². The Morgan fingerprint density at radius 2 is 2.00 bits per heavy atom. The van der Waals surface area contributed by atoms with Crippen molar-refractivity contribution in [3.05, 3.63) is 48.3 Å². The first kappa shape index (κ1) is 16.0. The van der Waals surface area contributed by atoms with Crippen molar-refractivity contribution in [2.75, 3.05) is 19.8 Å². The number of carbonyl (C=O) groups is 1. The molecule has 0 saturated carbocycles. The maximum Gasteiger partial charge on any atom is 0.411 e. The van der Waals surface area contributed by atoms with E-state index in [1.54, 1.807) is 47.4 Å².